The van der Waals surface area contributed by atoms with Gasteiger partial charge in [0.1, 0.15) is 6.54 Å². The van der Waals surface area contributed by atoms with Crippen molar-refractivity contribution in [3.63, 3.8) is 0 Å². The molecule has 25 heavy (non-hydrogen) atoms. The van der Waals surface area contributed by atoms with Crippen LogP contribution in [0.15, 0.2) is 66.7 Å². The molecule has 0 saturated carbocycles. The van der Waals surface area contributed by atoms with Gasteiger partial charge in [-0.05, 0) is 28.5 Å². The number of fused-ring (bicyclic) bond motifs is 1. The van der Waals surface area contributed by atoms with Crippen molar-refractivity contribution in [3.05, 3.63) is 82.9 Å². The van der Waals surface area contributed by atoms with Gasteiger partial charge in [0.05, 0.1) is 7.05 Å². The Morgan fingerprint density at radius 2 is 1.72 bits per heavy atom. The zero-order chi connectivity index (χ0) is 17.6. The molecule has 2 N–H and O–H groups in total. The molecular weight excluding hydrogens is 332 g/mol. The Morgan fingerprint density at radius 1 is 1.00 bits per heavy atom. The van der Waals surface area contributed by atoms with E-state index in [0.717, 1.165) is 17.0 Å². The Hall–Kier alpha value is -2.36. The number of hydrogen-bond acceptors (Lipinski definition) is 1. The number of rotatable bonds is 6. The van der Waals surface area contributed by atoms with Gasteiger partial charge in [0.15, 0.2) is 6.54 Å². The average molecular weight is 354 g/mol. The molecule has 4 heteroatoms. The van der Waals surface area contributed by atoms with E-state index >= 15 is 0 Å². The largest absolute Gasteiger partial charge is 0.347 e. The third kappa shape index (κ3) is 4.81. The molecule has 3 aromatic carbocycles. The van der Waals surface area contributed by atoms with Crippen LogP contribution in [0.25, 0.3) is 10.8 Å². The first-order chi connectivity index (χ1) is 12.1. The standard InChI is InChI=1S/C21H21ClN2O/c1-24(14-16-10-11-17-6-2-3-7-18(17)12-16)15-21(25)23-13-19-8-4-5-9-20(19)22/h2-12H,13-15H2,1H3,(H,23,25)/p+1. The summed E-state index contributed by atoms with van der Waals surface area (Å²) in [6, 6.07) is 22.3. The van der Waals surface area contributed by atoms with Gasteiger partial charge in [-0.15, -0.1) is 0 Å². The van der Waals surface area contributed by atoms with E-state index in [2.05, 4.69) is 35.6 Å². The molecule has 0 bridgehead atoms. The summed E-state index contributed by atoms with van der Waals surface area (Å²) >= 11 is 6.11. The van der Waals surface area contributed by atoms with Gasteiger partial charge < -0.3 is 10.2 Å². The lowest BCUT2D eigenvalue weighted by Gasteiger charge is -2.14. The molecule has 1 atom stereocenters. The summed E-state index contributed by atoms with van der Waals surface area (Å²) in [5.41, 5.74) is 2.17. The summed E-state index contributed by atoms with van der Waals surface area (Å²) < 4.78 is 0. The highest BCUT2D eigenvalue weighted by atomic mass is 35.5. The number of nitrogens with one attached hydrogen (secondary N) is 2. The molecule has 3 aromatic rings. The van der Waals surface area contributed by atoms with Crippen LogP contribution in [-0.2, 0) is 17.9 Å². The number of carbonyl (C=O) groups is 1. The third-order valence-electron chi connectivity index (χ3n) is 4.22. The molecule has 1 amide bonds. The van der Waals surface area contributed by atoms with Gasteiger partial charge in [-0.1, -0.05) is 66.2 Å². The van der Waals surface area contributed by atoms with Crippen molar-refractivity contribution in [2.75, 3.05) is 13.6 Å². The fraction of sp³-hybridized carbons (Fsp3) is 0.190. The predicted octanol–water partition coefficient (Wildman–Crippen LogP) is 2.82. The highest BCUT2D eigenvalue weighted by Gasteiger charge is 2.11. The normalized spacial score (nSPS) is 12.1. The first-order valence-corrected chi connectivity index (χ1v) is 8.79. The lowest BCUT2D eigenvalue weighted by molar-refractivity contribution is -0.885. The Morgan fingerprint density at radius 3 is 2.52 bits per heavy atom. The second-order valence-corrected chi connectivity index (χ2v) is 6.77. The maximum atomic E-state index is 12.2. The fourth-order valence-electron chi connectivity index (χ4n) is 2.93. The van der Waals surface area contributed by atoms with Crippen LogP contribution in [0.4, 0.5) is 0 Å². The molecule has 0 aliphatic carbocycles. The highest BCUT2D eigenvalue weighted by molar-refractivity contribution is 6.31. The van der Waals surface area contributed by atoms with Crippen molar-refractivity contribution in [1.29, 1.82) is 0 Å². The first-order valence-electron chi connectivity index (χ1n) is 8.41. The molecule has 128 valence electrons. The number of likely N-dealkylation sites (N-methyl/N-ethyl adjacent to an activating group) is 1. The van der Waals surface area contributed by atoms with Crippen LogP contribution in [0, 0.1) is 0 Å². The molecule has 0 heterocycles. The maximum absolute atomic E-state index is 12.2. The van der Waals surface area contributed by atoms with E-state index in [1.54, 1.807) is 0 Å². The second kappa shape index (κ2) is 8.15. The maximum Gasteiger partial charge on any atom is 0.275 e. The van der Waals surface area contributed by atoms with Crippen LogP contribution in [0.2, 0.25) is 5.02 Å². The lowest BCUT2D eigenvalue weighted by atomic mass is 10.1. The fourth-order valence-corrected chi connectivity index (χ4v) is 3.13. The molecule has 0 fully saturated rings. The van der Waals surface area contributed by atoms with Crippen LogP contribution in [0.1, 0.15) is 11.1 Å². The van der Waals surface area contributed by atoms with E-state index in [1.807, 2.05) is 43.4 Å². The van der Waals surface area contributed by atoms with Crippen LogP contribution in [0.3, 0.4) is 0 Å². The van der Waals surface area contributed by atoms with Gasteiger partial charge in [0.2, 0.25) is 0 Å². The summed E-state index contributed by atoms with van der Waals surface area (Å²) in [5, 5.41) is 6.09. The van der Waals surface area contributed by atoms with Crippen molar-refractivity contribution in [3.8, 4) is 0 Å². The van der Waals surface area contributed by atoms with E-state index in [9.17, 15) is 4.79 Å². The molecule has 3 rings (SSSR count). The van der Waals surface area contributed by atoms with Crippen LogP contribution in [-0.4, -0.2) is 19.5 Å². The van der Waals surface area contributed by atoms with Gasteiger partial charge >= 0.3 is 0 Å². The van der Waals surface area contributed by atoms with E-state index < -0.39 is 0 Å². The van der Waals surface area contributed by atoms with E-state index in [-0.39, 0.29) is 5.91 Å². The number of hydrogen-bond donors (Lipinski definition) is 2. The Balaban J connectivity index is 1.53. The van der Waals surface area contributed by atoms with Crippen molar-refractivity contribution in [2.45, 2.75) is 13.1 Å². The predicted molar refractivity (Wildman–Crippen MR) is 103 cm³/mol. The summed E-state index contributed by atoms with van der Waals surface area (Å²) in [6.07, 6.45) is 0. The summed E-state index contributed by atoms with van der Waals surface area (Å²) in [7, 11) is 2.03. The van der Waals surface area contributed by atoms with E-state index in [4.69, 9.17) is 11.6 Å². The van der Waals surface area contributed by atoms with Gasteiger partial charge in [-0.25, -0.2) is 0 Å². The van der Waals surface area contributed by atoms with Crippen molar-refractivity contribution in [2.24, 2.45) is 0 Å². The number of benzene rings is 3. The first kappa shape index (κ1) is 17.5. The van der Waals surface area contributed by atoms with Crippen molar-refractivity contribution in [1.82, 2.24) is 5.32 Å². The van der Waals surface area contributed by atoms with Crippen LogP contribution >= 0.6 is 11.6 Å². The minimum atomic E-state index is 0.0261. The van der Waals surface area contributed by atoms with Gasteiger partial charge in [0, 0.05) is 17.1 Å². The van der Waals surface area contributed by atoms with Gasteiger partial charge in [-0.2, -0.15) is 0 Å². The summed E-state index contributed by atoms with van der Waals surface area (Å²) in [5.74, 6) is 0.0261. The Labute approximate surface area is 153 Å². The molecule has 0 spiro atoms. The number of carbonyl (C=O) groups excluding carboxylic acids is 1. The van der Waals surface area contributed by atoms with Crippen LogP contribution in [0.5, 0.6) is 0 Å². The number of halogens is 1. The topological polar surface area (TPSA) is 33.5 Å². The second-order valence-electron chi connectivity index (χ2n) is 6.36. The minimum Gasteiger partial charge on any atom is -0.347 e. The molecule has 0 aromatic heterocycles. The summed E-state index contributed by atoms with van der Waals surface area (Å²) in [6.45, 7) is 1.70. The number of quaternary nitrogens is 1. The Bertz CT molecular complexity index is 878. The monoisotopic (exact) mass is 353 g/mol. The smallest absolute Gasteiger partial charge is 0.275 e. The zero-order valence-electron chi connectivity index (χ0n) is 14.3. The van der Waals surface area contributed by atoms with Crippen LogP contribution < -0.4 is 10.2 Å². The van der Waals surface area contributed by atoms with Crippen molar-refractivity contribution >= 4 is 28.3 Å². The molecule has 1 unspecified atom stereocenters. The average Bonchev–Trinajstić information content (AvgIpc) is 2.61. The van der Waals surface area contributed by atoms with E-state index in [1.165, 1.54) is 16.3 Å². The van der Waals surface area contributed by atoms with Gasteiger partial charge in [-0.3, -0.25) is 4.79 Å². The molecule has 0 saturated heterocycles. The minimum absolute atomic E-state index is 0.0261. The zero-order valence-corrected chi connectivity index (χ0v) is 15.0. The SMILES string of the molecule is C[NH+](CC(=O)NCc1ccccc1Cl)Cc1ccc2ccccc2c1. The quantitative estimate of drug-likeness (QED) is 0.702. The summed E-state index contributed by atoms with van der Waals surface area (Å²) in [4.78, 5) is 13.3. The molecule has 0 aliphatic rings. The van der Waals surface area contributed by atoms with Gasteiger partial charge in [0.25, 0.3) is 5.91 Å². The molecule has 0 aliphatic heterocycles. The highest BCUT2D eigenvalue weighted by Crippen LogP contribution is 2.15. The van der Waals surface area contributed by atoms with E-state index in [0.29, 0.717) is 18.1 Å². The van der Waals surface area contributed by atoms with Crippen molar-refractivity contribution < 1.29 is 9.69 Å². The lowest BCUT2D eigenvalue weighted by Crippen LogP contribution is -3.08. The molecular formula is C21H22ClN2O+. The Kier molecular flexibility index (Phi) is 5.69. The molecule has 0 radical (unpaired) electrons. The number of amides is 1. The molecule has 3 nitrogen and oxygen atoms in total. The third-order valence-corrected chi connectivity index (χ3v) is 4.58.